The Bertz CT molecular complexity index is 909. The number of nitrogens with one attached hydrogen (secondary N) is 1. The maximum absolute atomic E-state index is 12.8. The Kier molecular flexibility index (Phi) is 4.02. The largest absolute Gasteiger partial charge is 0.385 e. The second kappa shape index (κ2) is 6.21. The molecule has 2 N–H and O–H groups in total. The van der Waals surface area contributed by atoms with E-state index in [9.17, 15) is 9.90 Å². The van der Waals surface area contributed by atoms with Crippen LogP contribution in [0.15, 0.2) is 54.7 Å². The van der Waals surface area contributed by atoms with Crippen molar-refractivity contribution in [2.24, 2.45) is 0 Å². The van der Waals surface area contributed by atoms with Crippen LogP contribution < -0.4 is 0 Å². The van der Waals surface area contributed by atoms with Gasteiger partial charge in [-0.05, 0) is 54.8 Å². The SMILES string of the molecule is O=C(c1ccc2[nH]ccc2c1)N1CCC(O)(c2ccc(Cl)cc2)CC1. The Hall–Kier alpha value is -2.30. The fourth-order valence-electron chi connectivity index (χ4n) is 3.50. The summed E-state index contributed by atoms with van der Waals surface area (Å²) in [6, 6.07) is 14.9. The molecule has 4 rings (SSSR count). The molecule has 0 bridgehead atoms. The van der Waals surface area contributed by atoms with Crippen molar-refractivity contribution in [2.45, 2.75) is 18.4 Å². The molecule has 0 saturated carbocycles. The maximum atomic E-state index is 12.8. The number of aromatic amines is 1. The number of likely N-dealkylation sites (tertiary alicyclic amines) is 1. The van der Waals surface area contributed by atoms with Gasteiger partial charge in [-0.15, -0.1) is 0 Å². The molecule has 1 amide bonds. The maximum Gasteiger partial charge on any atom is 0.253 e. The van der Waals surface area contributed by atoms with Gasteiger partial charge >= 0.3 is 0 Å². The summed E-state index contributed by atoms with van der Waals surface area (Å²) in [4.78, 5) is 17.7. The molecule has 5 heteroatoms. The first-order chi connectivity index (χ1) is 12.0. The molecule has 0 atom stereocenters. The van der Waals surface area contributed by atoms with E-state index >= 15 is 0 Å². The number of rotatable bonds is 2. The highest BCUT2D eigenvalue weighted by Crippen LogP contribution is 2.34. The highest BCUT2D eigenvalue weighted by atomic mass is 35.5. The van der Waals surface area contributed by atoms with Gasteiger partial charge in [0.25, 0.3) is 5.91 Å². The van der Waals surface area contributed by atoms with E-state index in [0.717, 1.165) is 16.5 Å². The van der Waals surface area contributed by atoms with Crippen LogP contribution in [0.2, 0.25) is 5.02 Å². The van der Waals surface area contributed by atoms with Gasteiger partial charge in [-0.1, -0.05) is 23.7 Å². The molecule has 0 aliphatic carbocycles. The van der Waals surface area contributed by atoms with E-state index < -0.39 is 5.60 Å². The second-order valence-electron chi connectivity index (χ2n) is 6.61. The summed E-state index contributed by atoms with van der Waals surface area (Å²) in [7, 11) is 0. The van der Waals surface area contributed by atoms with Gasteiger partial charge in [-0.25, -0.2) is 0 Å². The van der Waals surface area contributed by atoms with E-state index in [0.29, 0.717) is 36.5 Å². The van der Waals surface area contributed by atoms with Gasteiger partial charge in [0.2, 0.25) is 0 Å². The minimum absolute atomic E-state index is 0.0151. The molecular formula is C20H19ClN2O2. The number of benzene rings is 2. The number of hydrogen-bond donors (Lipinski definition) is 2. The standard InChI is InChI=1S/C20H19ClN2O2/c21-17-4-2-16(3-5-17)20(25)8-11-23(12-9-20)19(24)15-1-6-18-14(13-15)7-10-22-18/h1-7,10,13,22,25H,8-9,11-12H2. The fourth-order valence-corrected chi connectivity index (χ4v) is 3.62. The number of amides is 1. The van der Waals surface area contributed by atoms with Gasteiger partial charge in [0.1, 0.15) is 0 Å². The molecular weight excluding hydrogens is 336 g/mol. The Morgan fingerprint density at radius 1 is 1.08 bits per heavy atom. The van der Waals surface area contributed by atoms with E-state index in [-0.39, 0.29) is 5.91 Å². The number of hydrogen-bond acceptors (Lipinski definition) is 2. The minimum atomic E-state index is -0.897. The zero-order valence-corrected chi connectivity index (χ0v) is 14.5. The van der Waals surface area contributed by atoms with E-state index in [1.54, 1.807) is 12.1 Å². The Morgan fingerprint density at radius 3 is 2.52 bits per heavy atom. The van der Waals surface area contributed by atoms with Crippen LogP contribution in [0, 0.1) is 0 Å². The lowest BCUT2D eigenvalue weighted by Crippen LogP contribution is -2.45. The lowest BCUT2D eigenvalue weighted by Gasteiger charge is -2.38. The van der Waals surface area contributed by atoms with Crippen LogP contribution >= 0.6 is 11.6 Å². The minimum Gasteiger partial charge on any atom is -0.385 e. The van der Waals surface area contributed by atoms with Crippen molar-refractivity contribution >= 4 is 28.4 Å². The molecule has 25 heavy (non-hydrogen) atoms. The van der Waals surface area contributed by atoms with E-state index in [4.69, 9.17) is 11.6 Å². The molecule has 0 unspecified atom stereocenters. The summed E-state index contributed by atoms with van der Waals surface area (Å²) in [5, 5.41) is 12.6. The molecule has 0 radical (unpaired) electrons. The number of piperidine rings is 1. The quantitative estimate of drug-likeness (QED) is 0.732. The van der Waals surface area contributed by atoms with Crippen molar-refractivity contribution < 1.29 is 9.90 Å². The van der Waals surface area contributed by atoms with Crippen molar-refractivity contribution in [3.05, 3.63) is 70.9 Å². The fraction of sp³-hybridized carbons (Fsp3) is 0.250. The van der Waals surface area contributed by atoms with E-state index in [1.165, 1.54) is 0 Å². The average molecular weight is 355 g/mol. The normalized spacial score (nSPS) is 17.0. The van der Waals surface area contributed by atoms with Gasteiger partial charge in [0, 0.05) is 40.8 Å². The smallest absolute Gasteiger partial charge is 0.253 e. The van der Waals surface area contributed by atoms with Crippen LogP contribution in [-0.2, 0) is 5.60 Å². The number of halogens is 1. The molecule has 1 fully saturated rings. The molecule has 1 saturated heterocycles. The third kappa shape index (κ3) is 3.03. The number of fused-ring (bicyclic) bond motifs is 1. The molecule has 2 aromatic carbocycles. The van der Waals surface area contributed by atoms with Crippen LogP contribution in [-0.4, -0.2) is 34.0 Å². The van der Waals surface area contributed by atoms with Gasteiger partial charge in [0.05, 0.1) is 5.60 Å². The van der Waals surface area contributed by atoms with Gasteiger partial charge in [-0.3, -0.25) is 4.79 Å². The zero-order valence-electron chi connectivity index (χ0n) is 13.7. The van der Waals surface area contributed by atoms with Gasteiger partial charge in [0.15, 0.2) is 0 Å². The van der Waals surface area contributed by atoms with Crippen LogP contribution in [0.1, 0.15) is 28.8 Å². The van der Waals surface area contributed by atoms with Crippen molar-refractivity contribution in [1.29, 1.82) is 0 Å². The third-order valence-electron chi connectivity index (χ3n) is 5.06. The van der Waals surface area contributed by atoms with E-state index in [1.807, 2.05) is 47.5 Å². The predicted octanol–water partition coefficient (Wildman–Crippen LogP) is 3.95. The van der Waals surface area contributed by atoms with Crippen molar-refractivity contribution in [3.63, 3.8) is 0 Å². The molecule has 0 spiro atoms. The summed E-state index contributed by atoms with van der Waals surface area (Å²) in [5.74, 6) is 0.0151. The second-order valence-corrected chi connectivity index (χ2v) is 7.05. The highest BCUT2D eigenvalue weighted by molar-refractivity contribution is 6.30. The van der Waals surface area contributed by atoms with Crippen LogP contribution in [0.25, 0.3) is 10.9 Å². The monoisotopic (exact) mass is 354 g/mol. The lowest BCUT2D eigenvalue weighted by molar-refractivity contribution is -0.0211. The number of aliphatic hydroxyl groups is 1. The number of carbonyl (C=O) groups excluding carboxylic acids is 1. The van der Waals surface area contributed by atoms with Crippen molar-refractivity contribution in [1.82, 2.24) is 9.88 Å². The third-order valence-corrected chi connectivity index (χ3v) is 5.31. The van der Waals surface area contributed by atoms with Gasteiger partial charge < -0.3 is 15.0 Å². The number of nitrogens with zero attached hydrogens (tertiary/aromatic N) is 1. The Balaban J connectivity index is 1.49. The first kappa shape index (κ1) is 16.2. The Morgan fingerprint density at radius 2 is 1.80 bits per heavy atom. The van der Waals surface area contributed by atoms with E-state index in [2.05, 4.69) is 4.98 Å². The van der Waals surface area contributed by atoms with Crippen molar-refractivity contribution in [3.8, 4) is 0 Å². The molecule has 1 aliphatic heterocycles. The first-order valence-corrected chi connectivity index (χ1v) is 8.78. The topological polar surface area (TPSA) is 56.3 Å². The van der Waals surface area contributed by atoms with Crippen LogP contribution in [0.4, 0.5) is 0 Å². The highest BCUT2D eigenvalue weighted by Gasteiger charge is 2.35. The van der Waals surface area contributed by atoms with Crippen LogP contribution in [0.5, 0.6) is 0 Å². The molecule has 2 heterocycles. The number of H-pyrrole nitrogens is 1. The summed E-state index contributed by atoms with van der Waals surface area (Å²) in [6.07, 6.45) is 2.91. The summed E-state index contributed by atoms with van der Waals surface area (Å²) < 4.78 is 0. The average Bonchev–Trinajstić information content (AvgIpc) is 3.10. The first-order valence-electron chi connectivity index (χ1n) is 8.40. The lowest BCUT2D eigenvalue weighted by atomic mass is 9.84. The molecule has 128 valence electrons. The molecule has 3 aromatic rings. The number of carbonyl (C=O) groups is 1. The van der Waals surface area contributed by atoms with Crippen molar-refractivity contribution in [2.75, 3.05) is 13.1 Å². The zero-order chi connectivity index (χ0) is 17.4. The molecule has 4 nitrogen and oxygen atoms in total. The summed E-state index contributed by atoms with van der Waals surface area (Å²) in [6.45, 7) is 1.06. The Labute approximate surface area is 151 Å². The number of aromatic nitrogens is 1. The molecule has 1 aromatic heterocycles. The predicted molar refractivity (Wildman–Crippen MR) is 98.8 cm³/mol. The summed E-state index contributed by atoms with van der Waals surface area (Å²) >= 11 is 5.93. The summed E-state index contributed by atoms with van der Waals surface area (Å²) in [5.41, 5.74) is 1.67. The molecule has 1 aliphatic rings. The van der Waals surface area contributed by atoms with Crippen LogP contribution in [0.3, 0.4) is 0 Å². The van der Waals surface area contributed by atoms with Gasteiger partial charge in [-0.2, -0.15) is 0 Å².